The summed E-state index contributed by atoms with van der Waals surface area (Å²) in [5.74, 6) is -0.504. The van der Waals surface area contributed by atoms with Gasteiger partial charge < -0.3 is 14.5 Å². The van der Waals surface area contributed by atoms with Gasteiger partial charge in [0, 0.05) is 32.2 Å². The van der Waals surface area contributed by atoms with Gasteiger partial charge in [-0.05, 0) is 48.7 Å². The van der Waals surface area contributed by atoms with Gasteiger partial charge in [-0.15, -0.1) is 0 Å². The number of ether oxygens (including phenoxy) is 1. The maximum absolute atomic E-state index is 12.9. The van der Waals surface area contributed by atoms with Crippen molar-refractivity contribution in [3.63, 3.8) is 0 Å². The number of carbonyl (C=O) groups excluding carboxylic acids is 2. The summed E-state index contributed by atoms with van der Waals surface area (Å²) < 4.78 is 28.8. The van der Waals surface area contributed by atoms with Crippen LogP contribution in [0.15, 0.2) is 42.5 Å². The lowest BCUT2D eigenvalue weighted by molar-refractivity contribution is -0.135. The van der Waals surface area contributed by atoms with Gasteiger partial charge >= 0.3 is 6.61 Å². The zero-order valence-electron chi connectivity index (χ0n) is 16.7. The second-order valence-corrected chi connectivity index (χ2v) is 7.34. The van der Waals surface area contributed by atoms with Crippen molar-refractivity contribution in [2.75, 3.05) is 18.5 Å². The van der Waals surface area contributed by atoms with Crippen molar-refractivity contribution in [2.45, 2.75) is 33.4 Å². The summed E-state index contributed by atoms with van der Waals surface area (Å²) >= 11 is 0. The van der Waals surface area contributed by atoms with E-state index in [1.165, 1.54) is 12.1 Å². The van der Waals surface area contributed by atoms with Crippen molar-refractivity contribution < 1.29 is 23.1 Å². The molecule has 1 unspecified atom stereocenters. The molecule has 0 bridgehead atoms. The summed E-state index contributed by atoms with van der Waals surface area (Å²) in [6, 6.07) is 12.0. The van der Waals surface area contributed by atoms with Crippen LogP contribution in [0.4, 0.5) is 14.5 Å². The smallest absolute Gasteiger partial charge is 0.387 e. The number of nitrogens with zero attached hydrogens (tertiary/aromatic N) is 2. The fourth-order valence-electron chi connectivity index (χ4n) is 3.57. The maximum atomic E-state index is 12.9. The summed E-state index contributed by atoms with van der Waals surface area (Å²) in [7, 11) is 1.68. The number of anilines is 1. The van der Waals surface area contributed by atoms with Crippen molar-refractivity contribution in [1.82, 2.24) is 4.90 Å². The van der Waals surface area contributed by atoms with Crippen LogP contribution in [0.1, 0.15) is 23.1 Å². The Bertz CT molecular complexity index is 899. The Morgan fingerprint density at radius 1 is 1.21 bits per heavy atom. The number of aryl methyl sites for hydroxylation is 1. The third kappa shape index (κ3) is 4.72. The molecule has 1 atom stereocenters. The van der Waals surface area contributed by atoms with E-state index in [-0.39, 0.29) is 24.0 Å². The molecule has 5 nitrogen and oxygen atoms in total. The van der Waals surface area contributed by atoms with Crippen LogP contribution in [0.25, 0.3) is 0 Å². The first-order chi connectivity index (χ1) is 13.8. The fraction of sp³-hybridized carbons (Fsp3) is 0.364. The molecule has 154 valence electrons. The molecule has 0 radical (unpaired) electrons. The van der Waals surface area contributed by atoms with E-state index in [4.69, 9.17) is 0 Å². The number of hydrogen-bond acceptors (Lipinski definition) is 3. The normalized spacial score (nSPS) is 16.4. The predicted molar refractivity (Wildman–Crippen MR) is 106 cm³/mol. The fourth-order valence-corrected chi connectivity index (χ4v) is 3.57. The Kier molecular flexibility index (Phi) is 6.15. The zero-order valence-corrected chi connectivity index (χ0v) is 16.7. The summed E-state index contributed by atoms with van der Waals surface area (Å²) in [6.45, 7) is 1.77. The standard InChI is InChI=1S/C22H24F2N2O3/c1-14-5-4-6-19(15(14)2)26-13-17(11-20(26)27)21(28)25(3)12-16-7-9-18(10-8-16)29-22(23)24/h4-10,17,22H,11-13H2,1-3H3. The van der Waals surface area contributed by atoms with Gasteiger partial charge in [0.15, 0.2) is 0 Å². The van der Waals surface area contributed by atoms with Gasteiger partial charge in [-0.1, -0.05) is 24.3 Å². The minimum Gasteiger partial charge on any atom is -0.435 e. The molecule has 29 heavy (non-hydrogen) atoms. The topological polar surface area (TPSA) is 49.9 Å². The number of halogens is 2. The summed E-state index contributed by atoms with van der Waals surface area (Å²) in [5.41, 5.74) is 3.77. The Labute approximate surface area is 168 Å². The van der Waals surface area contributed by atoms with Crippen molar-refractivity contribution in [1.29, 1.82) is 0 Å². The average molecular weight is 402 g/mol. The molecular formula is C22H24F2N2O3. The third-order valence-electron chi connectivity index (χ3n) is 5.29. The van der Waals surface area contributed by atoms with Crippen molar-refractivity contribution >= 4 is 17.5 Å². The van der Waals surface area contributed by atoms with Crippen molar-refractivity contribution in [3.8, 4) is 5.75 Å². The van der Waals surface area contributed by atoms with Crippen LogP contribution in [-0.2, 0) is 16.1 Å². The van der Waals surface area contributed by atoms with Crippen LogP contribution in [-0.4, -0.2) is 36.9 Å². The first-order valence-electron chi connectivity index (χ1n) is 9.41. The van der Waals surface area contributed by atoms with Crippen molar-refractivity contribution in [2.24, 2.45) is 5.92 Å². The third-order valence-corrected chi connectivity index (χ3v) is 5.29. The number of carbonyl (C=O) groups is 2. The summed E-state index contributed by atoms with van der Waals surface area (Å²) in [5, 5.41) is 0. The molecule has 2 aromatic rings. The molecule has 2 amide bonds. The minimum atomic E-state index is -2.87. The van der Waals surface area contributed by atoms with Crippen LogP contribution in [0.5, 0.6) is 5.75 Å². The van der Waals surface area contributed by atoms with E-state index in [9.17, 15) is 18.4 Å². The maximum Gasteiger partial charge on any atom is 0.387 e. The van der Waals surface area contributed by atoms with Gasteiger partial charge in [0.1, 0.15) is 5.75 Å². The average Bonchev–Trinajstić information content (AvgIpc) is 3.06. The molecule has 1 aliphatic rings. The lowest BCUT2D eigenvalue weighted by atomic mass is 10.1. The molecule has 0 aromatic heterocycles. The lowest BCUT2D eigenvalue weighted by Gasteiger charge is -2.23. The van der Waals surface area contributed by atoms with Crippen LogP contribution < -0.4 is 9.64 Å². The van der Waals surface area contributed by atoms with E-state index >= 15 is 0 Å². The summed E-state index contributed by atoms with van der Waals surface area (Å²) in [4.78, 5) is 28.7. The Morgan fingerprint density at radius 3 is 2.55 bits per heavy atom. The highest BCUT2D eigenvalue weighted by molar-refractivity contribution is 6.00. The van der Waals surface area contributed by atoms with Crippen molar-refractivity contribution in [3.05, 3.63) is 59.2 Å². The molecule has 0 aliphatic carbocycles. The molecule has 1 saturated heterocycles. The summed E-state index contributed by atoms with van der Waals surface area (Å²) in [6.07, 6.45) is 0.178. The van der Waals surface area contributed by atoms with Crippen LogP contribution in [0, 0.1) is 19.8 Å². The highest BCUT2D eigenvalue weighted by Gasteiger charge is 2.37. The van der Waals surface area contributed by atoms with E-state index < -0.39 is 12.5 Å². The molecule has 1 heterocycles. The number of rotatable bonds is 6. The highest BCUT2D eigenvalue weighted by Crippen LogP contribution is 2.30. The van der Waals surface area contributed by atoms with Gasteiger partial charge in [0.05, 0.1) is 5.92 Å². The van der Waals surface area contributed by atoms with Gasteiger partial charge in [0.2, 0.25) is 11.8 Å². The highest BCUT2D eigenvalue weighted by atomic mass is 19.3. The Balaban J connectivity index is 1.64. The zero-order chi connectivity index (χ0) is 21.1. The molecule has 0 spiro atoms. The SMILES string of the molecule is Cc1cccc(N2CC(C(=O)N(C)Cc3ccc(OC(F)F)cc3)CC2=O)c1C. The van der Waals surface area contributed by atoms with E-state index in [2.05, 4.69) is 4.74 Å². The molecule has 3 rings (SSSR count). The molecular weight excluding hydrogens is 378 g/mol. The Morgan fingerprint density at radius 2 is 1.90 bits per heavy atom. The quantitative estimate of drug-likeness (QED) is 0.736. The minimum absolute atomic E-state index is 0.0565. The van der Waals surface area contributed by atoms with Crippen LogP contribution in [0.3, 0.4) is 0 Å². The van der Waals surface area contributed by atoms with Gasteiger partial charge in [-0.25, -0.2) is 0 Å². The van der Waals surface area contributed by atoms with Gasteiger partial charge in [-0.3, -0.25) is 9.59 Å². The first-order valence-corrected chi connectivity index (χ1v) is 9.41. The molecule has 0 saturated carbocycles. The first kappa shape index (κ1) is 20.8. The van der Waals surface area contributed by atoms with Crippen LogP contribution in [0.2, 0.25) is 0 Å². The number of amides is 2. The second-order valence-electron chi connectivity index (χ2n) is 7.34. The molecule has 1 fully saturated rings. The van der Waals surface area contributed by atoms with Gasteiger partial charge in [-0.2, -0.15) is 8.78 Å². The predicted octanol–water partition coefficient (Wildman–Crippen LogP) is 3.92. The molecule has 2 aromatic carbocycles. The number of alkyl halides is 2. The van der Waals surface area contributed by atoms with Gasteiger partial charge in [0.25, 0.3) is 0 Å². The molecule has 1 aliphatic heterocycles. The Hall–Kier alpha value is -2.96. The number of hydrogen-bond donors (Lipinski definition) is 0. The van der Waals surface area contributed by atoms with E-state index in [0.717, 1.165) is 22.4 Å². The largest absolute Gasteiger partial charge is 0.435 e. The van der Waals surface area contributed by atoms with E-state index in [1.807, 2.05) is 32.0 Å². The van der Waals surface area contributed by atoms with E-state index in [1.54, 1.807) is 29.0 Å². The second kappa shape index (κ2) is 8.59. The monoisotopic (exact) mass is 402 g/mol. The van der Waals surface area contributed by atoms with E-state index in [0.29, 0.717) is 13.1 Å². The molecule has 7 heteroatoms. The molecule has 0 N–H and O–H groups in total. The van der Waals surface area contributed by atoms with Crippen LogP contribution >= 0.6 is 0 Å². The lowest BCUT2D eigenvalue weighted by Crippen LogP contribution is -2.34. The number of benzene rings is 2.